The Hall–Kier alpha value is -1.13. The number of benzene rings is 1. The fraction of sp³-hybridized carbons (Fsp3) is 0.167. The van der Waals surface area contributed by atoms with Crippen molar-refractivity contribution in [2.45, 2.75) is 23.8 Å². The highest BCUT2D eigenvalue weighted by Gasteiger charge is 2.08. The summed E-state index contributed by atoms with van der Waals surface area (Å²) in [5.41, 5.74) is 2.37. The minimum atomic E-state index is -0.461. The molecule has 0 aliphatic heterocycles. The van der Waals surface area contributed by atoms with Gasteiger partial charge in [0.25, 0.3) is 0 Å². The van der Waals surface area contributed by atoms with Crippen LogP contribution in [-0.4, -0.2) is 9.97 Å². The van der Waals surface area contributed by atoms with Crippen LogP contribution in [0.3, 0.4) is 0 Å². The number of hydrogen-bond acceptors (Lipinski definition) is 3. The van der Waals surface area contributed by atoms with E-state index in [0.29, 0.717) is 0 Å². The van der Waals surface area contributed by atoms with E-state index in [0.717, 1.165) is 16.7 Å². The van der Waals surface area contributed by atoms with Gasteiger partial charge in [-0.15, -0.1) is 0 Å². The zero-order chi connectivity index (χ0) is 12.4. The Morgan fingerprint density at radius 3 is 2.71 bits per heavy atom. The molecule has 88 valence electrons. The number of hydrogen-bond donors (Lipinski definition) is 0. The van der Waals surface area contributed by atoms with Gasteiger partial charge in [-0.25, -0.2) is 14.4 Å². The molecule has 0 bridgehead atoms. The summed E-state index contributed by atoms with van der Waals surface area (Å²) in [7, 11) is 0. The van der Waals surface area contributed by atoms with Crippen LogP contribution in [0.4, 0.5) is 4.39 Å². The molecule has 2 rings (SSSR count). The lowest BCUT2D eigenvalue weighted by Gasteiger charge is -2.05. The van der Waals surface area contributed by atoms with Gasteiger partial charge in [-0.1, -0.05) is 17.8 Å². The zero-order valence-corrected chi connectivity index (χ0v) is 10.9. The van der Waals surface area contributed by atoms with Gasteiger partial charge in [-0.05, 0) is 48.7 Å². The first kappa shape index (κ1) is 12.3. The van der Waals surface area contributed by atoms with E-state index in [1.165, 1.54) is 17.3 Å². The number of nitrogens with zero attached hydrogens (tertiary/aromatic N) is 2. The molecule has 1 heterocycles. The molecule has 1 aromatic heterocycles. The summed E-state index contributed by atoms with van der Waals surface area (Å²) in [6, 6.07) is 5.93. The molecule has 0 spiro atoms. The van der Waals surface area contributed by atoms with Gasteiger partial charge in [0.2, 0.25) is 5.28 Å². The molecule has 0 atom stereocenters. The first-order chi connectivity index (χ1) is 8.06. The van der Waals surface area contributed by atoms with Crippen molar-refractivity contribution in [2.75, 3.05) is 0 Å². The maximum atomic E-state index is 13.4. The predicted octanol–water partition coefficient (Wildman–Crippen LogP) is 4.04. The smallest absolute Gasteiger partial charge is 0.223 e. The highest BCUT2D eigenvalue weighted by molar-refractivity contribution is 7.99. The molecule has 0 saturated carbocycles. The van der Waals surface area contributed by atoms with E-state index in [9.17, 15) is 4.39 Å². The van der Waals surface area contributed by atoms with Gasteiger partial charge in [0.05, 0.1) is 6.20 Å². The van der Waals surface area contributed by atoms with Gasteiger partial charge in [-0.2, -0.15) is 0 Å². The average molecular weight is 269 g/mol. The van der Waals surface area contributed by atoms with Crippen LogP contribution in [0, 0.1) is 19.7 Å². The molecule has 0 unspecified atom stereocenters. The Labute approximate surface area is 108 Å². The van der Waals surface area contributed by atoms with Crippen LogP contribution >= 0.6 is 23.4 Å². The normalized spacial score (nSPS) is 10.6. The molecule has 0 saturated heterocycles. The Balaban J connectivity index is 2.31. The van der Waals surface area contributed by atoms with Crippen molar-refractivity contribution in [2.24, 2.45) is 0 Å². The fourth-order valence-corrected chi connectivity index (χ4v) is 2.35. The minimum absolute atomic E-state index is 0.0535. The number of rotatable bonds is 2. The number of aryl methyl sites for hydroxylation is 2. The second-order valence-electron chi connectivity index (χ2n) is 3.64. The van der Waals surface area contributed by atoms with Crippen LogP contribution in [0.25, 0.3) is 0 Å². The third kappa shape index (κ3) is 2.96. The van der Waals surface area contributed by atoms with E-state index in [1.54, 1.807) is 0 Å². The topological polar surface area (TPSA) is 25.8 Å². The molecule has 0 radical (unpaired) electrons. The summed E-state index contributed by atoms with van der Waals surface area (Å²) in [5.74, 6) is -0.461. The van der Waals surface area contributed by atoms with E-state index >= 15 is 0 Å². The Bertz CT molecular complexity index is 560. The van der Waals surface area contributed by atoms with E-state index in [4.69, 9.17) is 11.6 Å². The second kappa shape index (κ2) is 5.02. The molecule has 5 heteroatoms. The van der Waals surface area contributed by atoms with E-state index in [2.05, 4.69) is 9.97 Å². The van der Waals surface area contributed by atoms with Gasteiger partial charge in [0, 0.05) is 4.90 Å². The van der Waals surface area contributed by atoms with Crippen molar-refractivity contribution in [3.8, 4) is 0 Å². The molecular formula is C12H10ClFN2S. The number of aromatic nitrogens is 2. The molecule has 2 nitrogen and oxygen atoms in total. The second-order valence-corrected chi connectivity index (χ2v) is 5.04. The molecule has 0 aliphatic carbocycles. The molecule has 17 heavy (non-hydrogen) atoms. The summed E-state index contributed by atoms with van der Waals surface area (Å²) < 4.78 is 13.4. The molecule has 2 aromatic rings. The lowest BCUT2D eigenvalue weighted by atomic mass is 10.1. The van der Waals surface area contributed by atoms with Crippen molar-refractivity contribution in [3.05, 3.63) is 46.6 Å². The summed E-state index contributed by atoms with van der Waals surface area (Å²) >= 11 is 6.88. The van der Waals surface area contributed by atoms with Crippen LogP contribution in [0.15, 0.2) is 34.3 Å². The quantitative estimate of drug-likeness (QED) is 0.607. The molecular weight excluding hydrogens is 259 g/mol. The SMILES string of the molecule is Cc1ccc(Sc2nc(Cl)ncc2F)cc1C. The summed E-state index contributed by atoms with van der Waals surface area (Å²) in [5, 5.41) is 0.297. The maximum absolute atomic E-state index is 13.4. The molecule has 0 amide bonds. The van der Waals surface area contributed by atoms with Crippen molar-refractivity contribution >= 4 is 23.4 Å². The van der Waals surface area contributed by atoms with E-state index in [-0.39, 0.29) is 10.3 Å². The van der Waals surface area contributed by atoms with Crippen LogP contribution in [0.5, 0.6) is 0 Å². The summed E-state index contributed by atoms with van der Waals surface area (Å²) in [6.07, 6.45) is 1.08. The first-order valence-corrected chi connectivity index (χ1v) is 6.19. The third-order valence-electron chi connectivity index (χ3n) is 2.38. The lowest BCUT2D eigenvalue weighted by molar-refractivity contribution is 0.579. The Morgan fingerprint density at radius 1 is 1.24 bits per heavy atom. The van der Waals surface area contributed by atoms with Crippen molar-refractivity contribution in [3.63, 3.8) is 0 Å². The lowest BCUT2D eigenvalue weighted by Crippen LogP contribution is -1.90. The van der Waals surface area contributed by atoms with Crippen LogP contribution < -0.4 is 0 Å². The van der Waals surface area contributed by atoms with Crippen molar-refractivity contribution in [1.29, 1.82) is 0 Å². The molecule has 0 fully saturated rings. The van der Waals surface area contributed by atoms with Gasteiger partial charge in [0.1, 0.15) is 5.03 Å². The summed E-state index contributed by atoms with van der Waals surface area (Å²) in [4.78, 5) is 8.37. The predicted molar refractivity (Wildman–Crippen MR) is 67.0 cm³/mol. The van der Waals surface area contributed by atoms with E-state index in [1.807, 2.05) is 32.0 Å². The number of halogens is 2. The average Bonchev–Trinajstić information content (AvgIpc) is 2.29. The monoisotopic (exact) mass is 268 g/mol. The minimum Gasteiger partial charge on any atom is -0.223 e. The van der Waals surface area contributed by atoms with Crippen molar-refractivity contribution in [1.82, 2.24) is 9.97 Å². The maximum Gasteiger partial charge on any atom is 0.223 e. The van der Waals surface area contributed by atoms with Crippen molar-refractivity contribution < 1.29 is 4.39 Å². The standard InChI is InChI=1S/C12H10ClFN2S/c1-7-3-4-9(5-8(7)2)17-11-10(14)6-15-12(13)16-11/h3-6H,1-2H3. The van der Waals surface area contributed by atoms with Crippen LogP contribution in [0.2, 0.25) is 5.28 Å². The molecule has 0 aliphatic rings. The van der Waals surface area contributed by atoms with E-state index < -0.39 is 5.82 Å². The largest absolute Gasteiger partial charge is 0.223 e. The fourth-order valence-electron chi connectivity index (χ4n) is 1.29. The third-order valence-corrected chi connectivity index (χ3v) is 3.53. The van der Waals surface area contributed by atoms with Gasteiger partial charge in [-0.3, -0.25) is 0 Å². The van der Waals surface area contributed by atoms with Gasteiger partial charge in [0.15, 0.2) is 5.82 Å². The zero-order valence-electron chi connectivity index (χ0n) is 9.37. The van der Waals surface area contributed by atoms with Gasteiger partial charge >= 0.3 is 0 Å². The molecule has 0 N–H and O–H groups in total. The Kier molecular flexibility index (Phi) is 3.64. The van der Waals surface area contributed by atoms with Gasteiger partial charge < -0.3 is 0 Å². The molecule has 1 aromatic carbocycles. The Morgan fingerprint density at radius 2 is 2.00 bits per heavy atom. The summed E-state index contributed by atoms with van der Waals surface area (Å²) in [6.45, 7) is 4.05. The van der Waals surface area contributed by atoms with Crippen LogP contribution in [-0.2, 0) is 0 Å². The van der Waals surface area contributed by atoms with Crippen LogP contribution in [0.1, 0.15) is 11.1 Å². The highest BCUT2D eigenvalue weighted by Crippen LogP contribution is 2.29. The first-order valence-electron chi connectivity index (χ1n) is 4.99. The highest BCUT2D eigenvalue weighted by atomic mass is 35.5.